The molecule has 0 aliphatic heterocycles. The van der Waals surface area contributed by atoms with E-state index in [0.717, 1.165) is 46.4 Å². The van der Waals surface area contributed by atoms with Gasteiger partial charge < -0.3 is 30.7 Å². The Bertz CT molecular complexity index is 1530. The summed E-state index contributed by atoms with van der Waals surface area (Å²) >= 11 is 0. The topological polar surface area (TPSA) is 111 Å². The molecule has 6 rings (SSSR count). The quantitative estimate of drug-likeness (QED) is 0.322. The van der Waals surface area contributed by atoms with Crippen molar-refractivity contribution in [2.75, 3.05) is 27.2 Å². The molecule has 0 heterocycles. The third-order valence-corrected chi connectivity index (χ3v) is 10.4. The zero-order valence-corrected chi connectivity index (χ0v) is 24.5. The molecule has 216 valence electrons. The molecule has 7 heteroatoms. The molecule has 1 fully saturated rings. The van der Waals surface area contributed by atoms with Crippen molar-refractivity contribution in [2.24, 2.45) is 17.8 Å². The third kappa shape index (κ3) is 3.34. The number of hydrogen-bond acceptors (Lipinski definition) is 6. The Morgan fingerprint density at radius 1 is 1.22 bits per heavy atom. The summed E-state index contributed by atoms with van der Waals surface area (Å²) in [6.07, 6.45) is 5.83. The van der Waals surface area contributed by atoms with Crippen LogP contribution in [-0.2, 0) is 4.74 Å². The summed E-state index contributed by atoms with van der Waals surface area (Å²) in [5.41, 5.74) is 5.19. The van der Waals surface area contributed by atoms with Crippen LogP contribution in [0.2, 0.25) is 0 Å². The Morgan fingerprint density at radius 3 is 2.56 bits per heavy atom. The van der Waals surface area contributed by atoms with E-state index >= 15 is 0 Å². The number of aliphatic hydroxyl groups excluding tert-OH is 2. The maximum atomic E-state index is 13.3. The molecule has 7 unspecified atom stereocenters. The van der Waals surface area contributed by atoms with E-state index in [0.29, 0.717) is 28.8 Å². The van der Waals surface area contributed by atoms with Gasteiger partial charge in [-0.15, -0.1) is 0 Å². The van der Waals surface area contributed by atoms with Crippen LogP contribution >= 0.6 is 0 Å². The fraction of sp³-hybridized carbons (Fsp3) is 0.441. The normalized spacial score (nSPS) is 32.8. The summed E-state index contributed by atoms with van der Waals surface area (Å²) in [5.74, 6) is -1.41. The minimum Gasteiger partial charge on any atom is -0.508 e. The second-order valence-corrected chi connectivity index (χ2v) is 12.0. The number of amides is 1. The Balaban J connectivity index is 1.82. The third-order valence-electron chi connectivity index (χ3n) is 10.4. The van der Waals surface area contributed by atoms with Gasteiger partial charge in [0.1, 0.15) is 17.1 Å². The Hall–Kier alpha value is -3.39. The Kier molecular flexibility index (Phi) is 6.49. The summed E-state index contributed by atoms with van der Waals surface area (Å²) in [7, 11) is 3.29. The second-order valence-electron chi connectivity index (χ2n) is 12.0. The largest absolute Gasteiger partial charge is 0.508 e. The molecule has 7 atom stereocenters. The molecule has 1 saturated carbocycles. The van der Waals surface area contributed by atoms with E-state index < -0.39 is 11.5 Å². The number of rotatable bonds is 7. The van der Waals surface area contributed by atoms with E-state index in [-0.39, 0.29) is 47.2 Å². The molecule has 5 N–H and O–H groups in total. The van der Waals surface area contributed by atoms with Gasteiger partial charge >= 0.3 is 0 Å². The van der Waals surface area contributed by atoms with Gasteiger partial charge in [-0.1, -0.05) is 46.4 Å². The van der Waals surface area contributed by atoms with E-state index in [1.807, 2.05) is 13.0 Å². The molecule has 0 saturated heterocycles. The average Bonchev–Trinajstić information content (AvgIpc) is 2.96. The van der Waals surface area contributed by atoms with Gasteiger partial charge in [0, 0.05) is 49.6 Å². The standard InChI is InChI=1S/C34H40N2O5/c1-8-17-11-21(33(39)35-6)26-28-24(17)16(5)32(41-7)27-19(9-2)25-15(4)23(37)13-20-18(14-36-10-3)12-22(31(26)38)34(40,29(20)25)30(27)28/h8,11-13,16,19,25,27,30,32,36-38,40H,1,4,9-10,14H2,2-3,5-7H3,(H,35,39). The number of likely N-dealkylation sites (N-methyl/N-ethyl adjacent to an activating group) is 1. The van der Waals surface area contributed by atoms with Crippen molar-refractivity contribution in [3.8, 4) is 0 Å². The van der Waals surface area contributed by atoms with Gasteiger partial charge in [-0.2, -0.15) is 0 Å². The van der Waals surface area contributed by atoms with Crippen LogP contribution in [0.4, 0.5) is 0 Å². The first-order valence-corrected chi connectivity index (χ1v) is 14.6. The van der Waals surface area contributed by atoms with Crippen molar-refractivity contribution in [1.29, 1.82) is 0 Å². The summed E-state index contributed by atoms with van der Waals surface area (Å²) in [5, 5.41) is 42.7. The lowest BCUT2D eigenvalue weighted by molar-refractivity contribution is -0.0839. The summed E-state index contributed by atoms with van der Waals surface area (Å²) < 4.78 is 6.29. The number of aliphatic hydroxyl groups is 3. The molecule has 0 bridgehead atoms. The van der Waals surface area contributed by atoms with Gasteiger partial charge in [0.05, 0.1) is 11.7 Å². The van der Waals surface area contributed by atoms with Crippen LogP contribution in [0.5, 0.6) is 0 Å². The van der Waals surface area contributed by atoms with Crippen LogP contribution in [0.1, 0.15) is 71.6 Å². The smallest absolute Gasteiger partial charge is 0.251 e. The zero-order valence-electron chi connectivity index (χ0n) is 24.5. The number of carbonyl (C=O) groups is 1. The van der Waals surface area contributed by atoms with Crippen LogP contribution in [0.3, 0.4) is 0 Å². The number of benzene rings is 1. The molecule has 7 nitrogen and oxygen atoms in total. The molecule has 1 aromatic carbocycles. The lowest BCUT2D eigenvalue weighted by Gasteiger charge is -2.63. The molecular formula is C34H40N2O5. The predicted octanol–water partition coefficient (Wildman–Crippen LogP) is 5.05. The summed E-state index contributed by atoms with van der Waals surface area (Å²) in [6, 6.07) is 1.80. The van der Waals surface area contributed by atoms with Crippen LogP contribution in [0, 0.1) is 17.8 Å². The van der Waals surface area contributed by atoms with Gasteiger partial charge in [0.25, 0.3) is 5.91 Å². The van der Waals surface area contributed by atoms with E-state index in [2.05, 4.69) is 37.6 Å². The lowest BCUT2D eigenvalue weighted by atomic mass is 9.43. The second kappa shape index (κ2) is 9.58. The van der Waals surface area contributed by atoms with Gasteiger partial charge in [-0.25, -0.2) is 0 Å². The Morgan fingerprint density at radius 2 is 1.95 bits per heavy atom. The molecule has 41 heavy (non-hydrogen) atoms. The van der Waals surface area contributed by atoms with Crippen molar-refractivity contribution in [3.63, 3.8) is 0 Å². The molecule has 0 spiro atoms. The fourth-order valence-corrected chi connectivity index (χ4v) is 8.88. The van der Waals surface area contributed by atoms with E-state index in [9.17, 15) is 20.1 Å². The SMILES string of the molecule is C=Cc1cc(C(=O)NC)c2c3c1C(C)C(OC)C1C(CC)C4C(=C)C(O)=CC5=C4C(O)(C(=C2O)C=C5CNCC)C31. The van der Waals surface area contributed by atoms with Crippen molar-refractivity contribution >= 4 is 17.7 Å². The molecular weight excluding hydrogens is 516 g/mol. The summed E-state index contributed by atoms with van der Waals surface area (Å²) in [6.45, 7) is 15.9. The monoisotopic (exact) mass is 556 g/mol. The highest BCUT2D eigenvalue weighted by Gasteiger charge is 2.67. The van der Waals surface area contributed by atoms with Gasteiger partial charge in [0.15, 0.2) is 0 Å². The van der Waals surface area contributed by atoms with Crippen LogP contribution in [0.15, 0.2) is 65.0 Å². The van der Waals surface area contributed by atoms with Crippen LogP contribution in [-0.4, -0.2) is 60.2 Å². The molecule has 1 amide bonds. The number of allylic oxidation sites excluding steroid dienone is 2. The highest BCUT2D eigenvalue weighted by Crippen LogP contribution is 2.69. The number of hydrogen-bond donors (Lipinski definition) is 5. The lowest BCUT2D eigenvalue weighted by Crippen LogP contribution is -2.62. The summed E-state index contributed by atoms with van der Waals surface area (Å²) in [4.78, 5) is 13.3. The molecule has 1 aromatic rings. The fourth-order valence-electron chi connectivity index (χ4n) is 8.88. The van der Waals surface area contributed by atoms with Crippen molar-refractivity contribution in [2.45, 2.75) is 50.7 Å². The van der Waals surface area contributed by atoms with Crippen molar-refractivity contribution in [3.05, 3.63) is 92.8 Å². The van der Waals surface area contributed by atoms with Crippen LogP contribution < -0.4 is 10.6 Å². The Labute approximate surface area is 241 Å². The minimum atomic E-state index is -1.59. The van der Waals surface area contributed by atoms with Crippen molar-refractivity contribution < 1.29 is 24.9 Å². The number of nitrogens with one attached hydrogen (secondary N) is 2. The first-order valence-electron chi connectivity index (χ1n) is 14.6. The van der Waals surface area contributed by atoms with Crippen molar-refractivity contribution in [1.82, 2.24) is 10.6 Å². The van der Waals surface area contributed by atoms with E-state index in [1.165, 1.54) is 0 Å². The highest BCUT2D eigenvalue weighted by atomic mass is 16.5. The molecule has 0 radical (unpaired) electrons. The maximum absolute atomic E-state index is 13.3. The molecule has 5 aliphatic carbocycles. The highest BCUT2D eigenvalue weighted by molar-refractivity contribution is 6.02. The minimum absolute atomic E-state index is 0.0159. The average molecular weight is 557 g/mol. The predicted molar refractivity (Wildman–Crippen MR) is 161 cm³/mol. The maximum Gasteiger partial charge on any atom is 0.251 e. The van der Waals surface area contributed by atoms with Crippen LogP contribution in [0.25, 0.3) is 11.8 Å². The molecule has 5 aliphatic rings. The van der Waals surface area contributed by atoms with Gasteiger partial charge in [0.2, 0.25) is 0 Å². The molecule has 0 aromatic heterocycles. The first-order chi connectivity index (χ1) is 19.6. The number of carbonyl (C=O) groups excluding carboxylic acids is 1. The zero-order chi connectivity index (χ0) is 29.5. The number of methoxy groups -OCH3 is 1. The van der Waals surface area contributed by atoms with Gasteiger partial charge in [-0.05, 0) is 75.6 Å². The van der Waals surface area contributed by atoms with E-state index in [4.69, 9.17) is 4.74 Å². The first kappa shape index (κ1) is 27.8. The van der Waals surface area contributed by atoms with Gasteiger partial charge in [-0.3, -0.25) is 4.79 Å². The number of ether oxygens (including phenoxy) is 1. The van der Waals surface area contributed by atoms with E-state index in [1.54, 1.807) is 32.4 Å².